The minimum absolute atomic E-state index is 0. The van der Waals surface area contributed by atoms with Crippen molar-refractivity contribution in [2.75, 3.05) is 26.7 Å². The number of carbonyl (C=O) groups is 1. The fourth-order valence-corrected chi connectivity index (χ4v) is 4.45. The first-order valence-electron chi connectivity index (χ1n) is 11.1. The van der Waals surface area contributed by atoms with Crippen LogP contribution in [0.4, 0.5) is 13.2 Å². The standard InChI is InChI=1S/C23H33F3N4O.HI/c1-16(2)20(31)30-12-8-19(9-13-30)29-21(27-3)28-15-22(10-5-11-22)17-6-4-7-18(14-17)23(24,25)26;/h4,6-7,14,16,19H,5,8-13,15H2,1-3H3,(H2,27,28,29);1H. The molecule has 1 amide bonds. The Labute approximate surface area is 205 Å². The number of halogens is 4. The minimum atomic E-state index is -4.34. The lowest BCUT2D eigenvalue weighted by atomic mass is 9.64. The molecule has 5 nitrogen and oxygen atoms in total. The molecule has 9 heteroatoms. The summed E-state index contributed by atoms with van der Waals surface area (Å²) in [6, 6.07) is 5.93. The van der Waals surface area contributed by atoms with Crippen molar-refractivity contribution in [2.45, 2.75) is 63.6 Å². The van der Waals surface area contributed by atoms with E-state index < -0.39 is 11.7 Å². The summed E-state index contributed by atoms with van der Waals surface area (Å²) in [5.41, 5.74) is -0.162. The normalized spacial score (nSPS) is 19.2. The number of aliphatic imine (C=N–C) groups is 1. The Balaban J connectivity index is 0.00000363. The Bertz CT molecular complexity index is 801. The lowest BCUT2D eigenvalue weighted by molar-refractivity contribution is -0.138. The number of carbonyl (C=O) groups excluding carboxylic acids is 1. The van der Waals surface area contributed by atoms with Gasteiger partial charge in [0.1, 0.15) is 0 Å². The molecule has 1 aliphatic carbocycles. The van der Waals surface area contributed by atoms with Crippen molar-refractivity contribution in [3.8, 4) is 0 Å². The number of hydrogen-bond acceptors (Lipinski definition) is 2. The van der Waals surface area contributed by atoms with Crippen LogP contribution >= 0.6 is 24.0 Å². The van der Waals surface area contributed by atoms with Gasteiger partial charge in [-0.2, -0.15) is 13.2 Å². The zero-order valence-corrected chi connectivity index (χ0v) is 21.3. The van der Waals surface area contributed by atoms with E-state index in [0.29, 0.717) is 12.5 Å². The van der Waals surface area contributed by atoms with Gasteiger partial charge in [0, 0.05) is 44.1 Å². The lowest BCUT2D eigenvalue weighted by Crippen LogP contribution is -2.53. The van der Waals surface area contributed by atoms with Crippen molar-refractivity contribution in [3.63, 3.8) is 0 Å². The molecule has 0 atom stereocenters. The van der Waals surface area contributed by atoms with Gasteiger partial charge in [0.15, 0.2) is 5.96 Å². The Morgan fingerprint density at radius 3 is 2.41 bits per heavy atom. The second-order valence-corrected chi connectivity index (χ2v) is 9.04. The highest BCUT2D eigenvalue weighted by atomic mass is 127. The van der Waals surface area contributed by atoms with Gasteiger partial charge in [-0.1, -0.05) is 38.5 Å². The van der Waals surface area contributed by atoms with Crippen LogP contribution < -0.4 is 10.6 Å². The number of piperidine rings is 1. The first-order chi connectivity index (χ1) is 14.6. The van der Waals surface area contributed by atoms with E-state index in [1.54, 1.807) is 13.1 Å². The third-order valence-corrected chi connectivity index (χ3v) is 6.57. The number of benzene rings is 1. The van der Waals surface area contributed by atoms with Crippen LogP contribution in [0.2, 0.25) is 0 Å². The van der Waals surface area contributed by atoms with E-state index in [1.807, 2.05) is 18.7 Å². The van der Waals surface area contributed by atoms with Gasteiger partial charge in [-0.3, -0.25) is 9.79 Å². The number of amides is 1. The Morgan fingerprint density at radius 1 is 1.25 bits per heavy atom. The van der Waals surface area contributed by atoms with Crippen LogP contribution in [0.3, 0.4) is 0 Å². The molecule has 1 aromatic rings. The second kappa shape index (κ2) is 11.1. The van der Waals surface area contributed by atoms with Crippen LogP contribution in [-0.4, -0.2) is 49.5 Å². The lowest BCUT2D eigenvalue weighted by Gasteiger charge is -2.43. The molecule has 2 N–H and O–H groups in total. The summed E-state index contributed by atoms with van der Waals surface area (Å²) in [5.74, 6) is 0.856. The quantitative estimate of drug-likeness (QED) is 0.313. The average Bonchev–Trinajstić information content (AvgIpc) is 2.71. The zero-order chi connectivity index (χ0) is 22.6. The highest BCUT2D eigenvalue weighted by Gasteiger charge is 2.40. The average molecular weight is 566 g/mol. The predicted molar refractivity (Wildman–Crippen MR) is 131 cm³/mol. The van der Waals surface area contributed by atoms with Crippen molar-refractivity contribution in [1.29, 1.82) is 0 Å². The molecule has 2 fully saturated rings. The molecule has 3 rings (SSSR count). The van der Waals surface area contributed by atoms with Gasteiger partial charge < -0.3 is 15.5 Å². The van der Waals surface area contributed by atoms with Crippen molar-refractivity contribution in [1.82, 2.24) is 15.5 Å². The van der Waals surface area contributed by atoms with E-state index in [-0.39, 0.29) is 47.3 Å². The SMILES string of the molecule is CN=C(NCC1(c2cccc(C(F)(F)F)c2)CCC1)NC1CCN(C(=O)C(C)C)CC1.I. The van der Waals surface area contributed by atoms with Crippen molar-refractivity contribution >= 4 is 35.8 Å². The van der Waals surface area contributed by atoms with E-state index in [2.05, 4.69) is 15.6 Å². The van der Waals surface area contributed by atoms with Gasteiger partial charge in [-0.25, -0.2) is 0 Å². The summed E-state index contributed by atoms with van der Waals surface area (Å²) >= 11 is 0. The molecule has 1 aliphatic heterocycles. The van der Waals surface area contributed by atoms with Crippen LogP contribution in [0, 0.1) is 5.92 Å². The van der Waals surface area contributed by atoms with Crippen molar-refractivity contribution in [3.05, 3.63) is 35.4 Å². The molecule has 1 saturated heterocycles. The Kier molecular flexibility index (Phi) is 9.25. The van der Waals surface area contributed by atoms with Gasteiger partial charge in [-0.15, -0.1) is 24.0 Å². The van der Waals surface area contributed by atoms with Gasteiger partial charge >= 0.3 is 6.18 Å². The largest absolute Gasteiger partial charge is 0.416 e. The molecular formula is C23H34F3IN4O. The number of likely N-dealkylation sites (tertiary alicyclic amines) is 1. The highest BCUT2D eigenvalue weighted by Crippen LogP contribution is 2.44. The Morgan fingerprint density at radius 2 is 1.91 bits per heavy atom. The van der Waals surface area contributed by atoms with E-state index in [1.165, 1.54) is 12.1 Å². The first kappa shape index (κ1) is 26.7. The minimum Gasteiger partial charge on any atom is -0.356 e. The van der Waals surface area contributed by atoms with Crippen LogP contribution in [0.5, 0.6) is 0 Å². The summed E-state index contributed by atoms with van der Waals surface area (Å²) in [7, 11) is 1.70. The summed E-state index contributed by atoms with van der Waals surface area (Å²) < 4.78 is 39.5. The van der Waals surface area contributed by atoms with Gasteiger partial charge in [0.25, 0.3) is 0 Å². The number of guanidine groups is 1. The van der Waals surface area contributed by atoms with E-state index in [4.69, 9.17) is 0 Å². The predicted octanol–water partition coefficient (Wildman–Crippen LogP) is 4.56. The maximum Gasteiger partial charge on any atom is 0.416 e. The molecule has 32 heavy (non-hydrogen) atoms. The second-order valence-electron chi connectivity index (χ2n) is 9.04. The molecule has 1 saturated carbocycles. The molecule has 0 unspecified atom stereocenters. The van der Waals surface area contributed by atoms with Crippen LogP contribution in [0.1, 0.15) is 57.1 Å². The zero-order valence-electron chi connectivity index (χ0n) is 19.0. The molecule has 1 aromatic carbocycles. The van der Waals surface area contributed by atoms with E-state index >= 15 is 0 Å². The van der Waals surface area contributed by atoms with Crippen LogP contribution in [0.15, 0.2) is 29.3 Å². The maximum atomic E-state index is 13.2. The van der Waals surface area contributed by atoms with E-state index in [0.717, 1.165) is 56.8 Å². The number of alkyl halides is 3. The molecular weight excluding hydrogens is 532 g/mol. The molecule has 2 aliphatic rings. The molecule has 1 heterocycles. The fourth-order valence-electron chi connectivity index (χ4n) is 4.45. The van der Waals surface area contributed by atoms with E-state index in [9.17, 15) is 18.0 Å². The summed E-state index contributed by atoms with van der Waals surface area (Å²) in [4.78, 5) is 18.4. The molecule has 0 aromatic heterocycles. The number of hydrogen-bond donors (Lipinski definition) is 2. The smallest absolute Gasteiger partial charge is 0.356 e. The molecule has 0 bridgehead atoms. The molecule has 0 radical (unpaired) electrons. The first-order valence-corrected chi connectivity index (χ1v) is 11.1. The summed E-state index contributed by atoms with van der Waals surface area (Å²) in [6.45, 7) is 5.82. The van der Waals surface area contributed by atoms with Crippen LogP contribution in [-0.2, 0) is 16.4 Å². The van der Waals surface area contributed by atoms with Gasteiger partial charge in [-0.05, 0) is 37.3 Å². The van der Waals surface area contributed by atoms with Crippen molar-refractivity contribution < 1.29 is 18.0 Å². The number of nitrogens with one attached hydrogen (secondary N) is 2. The fraction of sp³-hybridized carbons (Fsp3) is 0.652. The Hall–Kier alpha value is -1.52. The van der Waals surface area contributed by atoms with Gasteiger partial charge in [0.2, 0.25) is 5.91 Å². The van der Waals surface area contributed by atoms with Gasteiger partial charge in [0.05, 0.1) is 5.56 Å². The number of nitrogens with zero attached hydrogens (tertiary/aromatic N) is 2. The molecule has 180 valence electrons. The number of rotatable bonds is 5. The third-order valence-electron chi connectivity index (χ3n) is 6.57. The third kappa shape index (κ3) is 6.29. The topological polar surface area (TPSA) is 56.7 Å². The maximum absolute atomic E-state index is 13.2. The molecule has 0 spiro atoms. The summed E-state index contributed by atoms with van der Waals surface area (Å²) in [5, 5.41) is 6.77. The summed E-state index contributed by atoms with van der Waals surface area (Å²) in [6.07, 6.45) is 0.0714. The highest BCUT2D eigenvalue weighted by molar-refractivity contribution is 14.0. The monoisotopic (exact) mass is 566 g/mol. The van der Waals surface area contributed by atoms with Crippen molar-refractivity contribution in [2.24, 2.45) is 10.9 Å². The van der Waals surface area contributed by atoms with Crippen LogP contribution in [0.25, 0.3) is 0 Å².